The second-order valence-electron chi connectivity index (χ2n) is 21.9. The van der Waals surface area contributed by atoms with Gasteiger partial charge in [-0.25, -0.2) is 14.1 Å². The van der Waals surface area contributed by atoms with Crippen LogP contribution in [-0.4, -0.2) is 153 Å². The van der Waals surface area contributed by atoms with E-state index in [0.717, 1.165) is 50.0 Å². The van der Waals surface area contributed by atoms with Crippen molar-refractivity contribution in [2.75, 3.05) is 75.4 Å². The van der Waals surface area contributed by atoms with Crippen molar-refractivity contribution in [2.24, 2.45) is 5.41 Å². The Bertz CT molecular complexity index is 3110. The van der Waals surface area contributed by atoms with Crippen LogP contribution in [0.25, 0.3) is 27.5 Å². The molecule has 0 spiro atoms. The number of ether oxygens (including phenoxy) is 2. The summed E-state index contributed by atoms with van der Waals surface area (Å²) in [7, 11) is 0. The number of aromatic nitrogens is 5. The molecule has 4 atom stereocenters. The van der Waals surface area contributed by atoms with Crippen LogP contribution < -0.4 is 25.2 Å². The van der Waals surface area contributed by atoms with Crippen LogP contribution in [0, 0.1) is 19.3 Å². The van der Waals surface area contributed by atoms with E-state index in [1.807, 2.05) is 66.6 Å². The van der Waals surface area contributed by atoms with Crippen molar-refractivity contribution in [2.45, 2.75) is 96.6 Å². The SMILES string of the molecule is Cc1cccc(-c2ccn(-c3cc(N4CCOCC4)nc(OCCc4ccc(N5CCN(C(=O)C[C@H](NC(=O)[C@@H]6C[C@@H](O)CN6C(=O)[C@@H](NC(=O)C6(F)CC6)C(C)(C)C)c6ccc(-c7scnc7C)cc6)CC5)cc4)n3)n2)c1. The molecule has 1 aliphatic carbocycles. The van der Waals surface area contributed by atoms with E-state index in [-0.39, 0.29) is 44.1 Å². The molecule has 3 saturated heterocycles. The highest BCUT2D eigenvalue weighted by Gasteiger charge is 2.53. The number of hydrogen-bond acceptors (Lipinski definition) is 14. The summed E-state index contributed by atoms with van der Waals surface area (Å²) in [4.78, 5) is 78.3. The van der Waals surface area contributed by atoms with Crippen LogP contribution in [0.15, 0.2) is 96.6 Å². The molecule has 410 valence electrons. The molecule has 6 aromatic rings. The number of anilines is 2. The molecule has 0 unspecified atom stereocenters. The third-order valence-electron chi connectivity index (χ3n) is 15.1. The average molecular weight is 1080 g/mol. The van der Waals surface area contributed by atoms with Gasteiger partial charge in [-0.1, -0.05) is 80.9 Å². The normalized spacial score (nSPS) is 19.1. The van der Waals surface area contributed by atoms with Crippen LogP contribution >= 0.6 is 11.3 Å². The van der Waals surface area contributed by atoms with E-state index in [9.17, 15) is 28.7 Å². The summed E-state index contributed by atoms with van der Waals surface area (Å²) in [6, 6.07) is 25.4. The Morgan fingerprint density at radius 1 is 0.872 bits per heavy atom. The second kappa shape index (κ2) is 23.0. The van der Waals surface area contributed by atoms with Gasteiger partial charge in [0.15, 0.2) is 11.5 Å². The van der Waals surface area contributed by atoms with Gasteiger partial charge in [0, 0.05) is 82.2 Å². The number of halogens is 1. The number of alkyl halides is 1. The number of aryl methyl sites for hydroxylation is 2. The number of carbonyl (C=O) groups is 4. The zero-order valence-corrected chi connectivity index (χ0v) is 45.7. The predicted octanol–water partition coefficient (Wildman–Crippen LogP) is 6.42. The number of amides is 4. The number of aliphatic hydroxyl groups excluding tert-OH is 1. The van der Waals surface area contributed by atoms with Crippen molar-refractivity contribution >= 4 is 46.5 Å². The van der Waals surface area contributed by atoms with Gasteiger partial charge in [-0.3, -0.25) is 19.2 Å². The molecule has 3 aromatic carbocycles. The van der Waals surface area contributed by atoms with Gasteiger partial charge in [0.2, 0.25) is 17.7 Å². The molecule has 18 nitrogen and oxygen atoms in total. The number of aliphatic hydroxyl groups is 1. The maximum Gasteiger partial charge on any atom is 0.320 e. The van der Waals surface area contributed by atoms with E-state index in [4.69, 9.17) is 24.5 Å². The van der Waals surface area contributed by atoms with Crippen LogP contribution in [0.1, 0.15) is 74.9 Å². The Hall–Kier alpha value is -7.29. The van der Waals surface area contributed by atoms with Gasteiger partial charge in [0.1, 0.15) is 17.9 Å². The number of morpholine rings is 1. The molecule has 6 heterocycles. The first kappa shape index (κ1) is 54.1. The van der Waals surface area contributed by atoms with Gasteiger partial charge in [-0.15, -0.1) is 11.3 Å². The molecule has 0 bridgehead atoms. The largest absolute Gasteiger partial charge is 0.463 e. The van der Waals surface area contributed by atoms with E-state index in [1.54, 1.807) is 31.0 Å². The van der Waals surface area contributed by atoms with Gasteiger partial charge in [-0.2, -0.15) is 15.1 Å². The van der Waals surface area contributed by atoms with E-state index in [1.165, 1.54) is 16.2 Å². The van der Waals surface area contributed by atoms with Crippen molar-refractivity contribution < 1.29 is 38.1 Å². The lowest BCUT2D eigenvalue weighted by molar-refractivity contribution is -0.145. The van der Waals surface area contributed by atoms with Crippen LogP contribution in [-0.2, 0) is 30.3 Å². The van der Waals surface area contributed by atoms with E-state index in [2.05, 4.69) is 68.7 Å². The van der Waals surface area contributed by atoms with Gasteiger partial charge in [-0.05, 0) is 73.1 Å². The first-order valence-corrected chi connectivity index (χ1v) is 27.7. The van der Waals surface area contributed by atoms with Gasteiger partial charge in [0.25, 0.3) is 5.91 Å². The van der Waals surface area contributed by atoms with Crippen LogP contribution in [0.2, 0.25) is 0 Å². The molecule has 20 heteroatoms. The second-order valence-corrected chi connectivity index (χ2v) is 22.8. The lowest BCUT2D eigenvalue weighted by Gasteiger charge is -2.37. The van der Waals surface area contributed by atoms with E-state index in [0.29, 0.717) is 76.9 Å². The quantitative estimate of drug-likeness (QED) is 0.0905. The minimum absolute atomic E-state index is 0.0413. The molecular weight excluding hydrogens is 1010 g/mol. The van der Waals surface area contributed by atoms with Crippen LogP contribution in [0.5, 0.6) is 6.01 Å². The summed E-state index contributed by atoms with van der Waals surface area (Å²) >= 11 is 1.53. The number of nitrogens with zero attached hydrogens (tertiary/aromatic N) is 9. The Kier molecular flexibility index (Phi) is 15.9. The third kappa shape index (κ3) is 12.5. The van der Waals surface area contributed by atoms with Crippen LogP contribution in [0.3, 0.4) is 0 Å². The number of hydrogen-bond donors (Lipinski definition) is 3. The number of β-amino-alcohol motifs (C(OH)–C–C–N with tert-alkyl or cyclic N) is 1. The fraction of sp³-hybridized carbons (Fsp3) is 0.448. The number of likely N-dealkylation sites (tertiary alicyclic amines) is 1. The maximum absolute atomic E-state index is 14.8. The summed E-state index contributed by atoms with van der Waals surface area (Å²) in [6.45, 7) is 14.3. The van der Waals surface area contributed by atoms with Gasteiger partial charge >= 0.3 is 6.01 Å². The first-order valence-electron chi connectivity index (χ1n) is 26.9. The van der Waals surface area contributed by atoms with Crippen molar-refractivity contribution in [3.05, 3.63) is 119 Å². The third-order valence-corrected chi connectivity index (χ3v) is 16.0. The molecule has 4 fully saturated rings. The summed E-state index contributed by atoms with van der Waals surface area (Å²) < 4.78 is 28.4. The molecule has 1 saturated carbocycles. The van der Waals surface area contributed by atoms with E-state index >= 15 is 0 Å². The highest BCUT2D eigenvalue weighted by Crippen LogP contribution is 2.41. The Morgan fingerprint density at radius 2 is 1.60 bits per heavy atom. The number of thiazole rings is 1. The molecule has 10 rings (SSSR count). The average Bonchev–Trinajstić information content (AvgIpc) is 3.84. The van der Waals surface area contributed by atoms with Crippen LogP contribution in [0.4, 0.5) is 15.9 Å². The van der Waals surface area contributed by atoms with Crippen molar-refractivity contribution in [1.82, 2.24) is 45.2 Å². The number of piperazine rings is 1. The fourth-order valence-electron chi connectivity index (χ4n) is 10.3. The summed E-state index contributed by atoms with van der Waals surface area (Å²) in [5.74, 6) is -0.756. The summed E-state index contributed by atoms with van der Waals surface area (Å²) in [5.41, 5.74) is 6.64. The Morgan fingerprint density at radius 3 is 2.28 bits per heavy atom. The smallest absolute Gasteiger partial charge is 0.320 e. The van der Waals surface area contributed by atoms with E-state index < -0.39 is 53.0 Å². The molecule has 3 N–H and O–H groups in total. The minimum Gasteiger partial charge on any atom is -0.463 e. The molecule has 4 aliphatic rings. The molecule has 78 heavy (non-hydrogen) atoms. The Balaban J connectivity index is 0.770. The highest BCUT2D eigenvalue weighted by molar-refractivity contribution is 7.13. The monoisotopic (exact) mass is 1080 g/mol. The number of carbonyl (C=O) groups excluding carboxylic acids is 4. The maximum atomic E-state index is 14.8. The summed E-state index contributed by atoms with van der Waals surface area (Å²) in [5, 5.41) is 21.4. The number of nitrogens with one attached hydrogen (secondary N) is 2. The first-order chi connectivity index (χ1) is 37.5. The van der Waals surface area contributed by atoms with Crippen molar-refractivity contribution in [3.8, 4) is 33.5 Å². The highest BCUT2D eigenvalue weighted by atomic mass is 32.1. The summed E-state index contributed by atoms with van der Waals surface area (Å²) in [6.07, 6.45) is 1.60. The molecule has 4 amide bonds. The van der Waals surface area contributed by atoms with Gasteiger partial charge in [0.05, 0.1) is 60.2 Å². The molecule has 3 aromatic heterocycles. The topological polar surface area (TPSA) is 200 Å². The lowest BCUT2D eigenvalue weighted by atomic mass is 9.85. The minimum atomic E-state index is -2.01. The molecule has 3 aliphatic heterocycles. The zero-order valence-electron chi connectivity index (χ0n) is 44.9. The fourth-order valence-corrected chi connectivity index (χ4v) is 11.1. The zero-order chi connectivity index (χ0) is 54.7. The molecule has 0 radical (unpaired) electrons. The van der Waals surface area contributed by atoms with Gasteiger partial charge < -0.3 is 44.8 Å². The lowest BCUT2D eigenvalue weighted by Crippen LogP contribution is -2.59. The Labute approximate surface area is 458 Å². The number of rotatable bonds is 17. The van der Waals surface area contributed by atoms with Crippen molar-refractivity contribution in [3.63, 3.8) is 0 Å². The number of benzene rings is 3. The standard InChI is InChI=1S/C58H68FN11O7S/c1-37-7-6-8-42(31-37)45-17-21-70(65-45)49-34-48(67-26-29-76-30-27-67)62-56(63-49)77-28-18-39-9-15-43(16-10-39)66-22-24-68(25-23-66)50(72)33-46(40-11-13-41(14-12-40)51-38(2)60-36-78-51)61-53(73)47-32-44(71)35-69(47)54(74)52(57(3,4)5)64-55(75)58(59)19-20-58/h6-17,21,31,34,36,44,46-47,52,71H,18-20,22-30,32-33,35H2,1-5H3,(H,61,73)(H,64,75)/t44-,46+,47+,52-/m1/s1. The molecular formula is C58H68FN11O7S. The van der Waals surface area contributed by atoms with Crippen molar-refractivity contribution in [1.29, 1.82) is 0 Å². The predicted molar refractivity (Wildman–Crippen MR) is 295 cm³/mol.